The van der Waals surface area contributed by atoms with Crippen LogP contribution in [0.15, 0.2) is 65.5 Å². The molecule has 2 heterocycles. The Labute approximate surface area is 174 Å². The number of carbonyl (C=O) groups is 1. The number of fused-ring (bicyclic) bond motifs is 1. The number of rotatable bonds is 7. The van der Waals surface area contributed by atoms with Gasteiger partial charge < -0.3 is 14.4 Å². The summed E-state index contributed by atoms with van der Waals surface area (Å²) >= 11 is 0. The number of unbranched alkanes of at least 4 members (excludes halogenated alkanes) is 1. The summed E-state index contributed by atoms with van der Waals surface area (Å²) in [5, 5.41) is 4.42. The Morgan fingerprint density at radius 2 is 1.87 bits per heavy atom. The molecule has 4 rings (SSSR count). The van der Waals surface area contributed by atoms with Gasteiger partial charge in [0.1, 0.15) is 6.54 Å². The molecular formula is C23H23N3O4. The second-order valence-electron chi connectivity index (χ2n) is 7.02. The molecule has 0 unspecified atom stereocenters. The van der Waals surface area contributed by atoms with Crippen LogP contribution in [0, 0.1) is 0 Å². The van der Waals surface area contributed by atoms with E-state index in [1.807, 2.05) is 48.5 Å². The summed E-state index contributed by atoms with van der Waals surface area (Å²) in [5.41, 5.74) is 1.86. The predicted molar refractivity (Wildman–Crippen MR) is 114 cm³/mol. The van der Waals surface area contributed by atoms with E-state index in [2.05, 4.69) is 12.0 Å². The zero-order valence-corrected chi connectivity index (χ0v) is 16.8. The largest absolute Gasteiger partial charge is 0.454 e. The lowest BCUT2D eigenvalue weighted by Gasteiger charge is -2.23. The molecule has 0 aliphatic carbocycles. The summed E-state index contributed by atoms with van der Waals surface area (Å²) in [6, 6.07) is 18.0. The highest BCUT2D eigenvalue weighted by molar-refractivity contribution is 5.93. The maximum atomic E-state index is 13.1. The zero-order chi connectivity index (χ0) is 20.9. The Morgan fingerprint density at radius 1 is 1.07 bits per heavy atom. The first-order valence-corrected chi connectivity index (χ1v) is 9.99. The van der Waals surface area contributed by atoms with E-state index in [1.165, 1.54) is 10.7 Å². The molecular weight excluding hydrogens is 382 g/mol. The minimum Gasteiger partial charge on any atom is -0.454 e. The molecule has 0 N–H and O–H groups in total. The highest BCUT2D eigenvalue weighted by Gasteiger charge is 2.18. The quantitative estimate of drug-likeness (QED) is 0.602. The van der Waals surface area contributed by atoms with Gasteiger partial charge in [-0.15, -0.1) is 0 Å². The van der Waals surface area contributed by atoms with Gasteiger partial charge in [0.2, 0.25) is 12.7 Å². The third-order valence-corrected chi connectivity index (χ3v) is 4.92. The van der Waals surface area contributed by atoms with Crippen LogP contribution in [0.4, 0.5) is 5.69 Å². The van der Waals surface area contributed by atoms with Crippen LogP contribution in [-0.4, -0.2) is 29.0 Å². The molecule has 7 heteroatoms. The van der Waals surface area contributed by atoms with Crippen LogP contribution in [0.1, 0.15) is 19.8 Å². The Balaban J connectivity index is 1.59. The number of aromatic nitrogens is 2. The average molecular weight is 405 g/mol. The molecule has 1 aliphatic heterocycles. The van der Waals surface area contributed by atoms with Crippen LogP contribution in [-0.2, 0) is 11.3 Å². The molecule has 30 heavy (non-hydrogen) atoms. The van der Waals surface area contributed by atoms with E-state index in [4.69, 9.17) is 9.47 Å². The molecule has 1 aliphatic rings. The number of carbonyl (C=O) groups excluding carboxylic acids is 1. The minimum absolute atomic E-state index is 0.129. The van der Waals surface area contributed by atoms with Crippen molar-refractivity contribution in [3.05, 3.63) is 71.0 Å². The first-order chi connectivity index (χ1) is 14.7. The lowest BCUT2D eigenvalue weighted by molar-refractivity contribution is -0.119. The Morgan fingerprint density at radius 3 is 2.67 bits per heavy atom. The van der Waals surface area contributed by atoms with E-state index in [1.54, 1.807) is 11.0 Å². The first-order valence-electron chi connectivity index (χ1n) is 9.99. The van der Waals surface area contributed by atoms with Gasteiger partial charge in [0.05, 0.1) is 5.69 Å². The fourth-order valence-corrected chi connectivity index (χ4v) is 3.31. The van der Waals surface area contributed by atoms with E-state index >= 15 is 0 Å². The van der Waals surface area contributed by atoms with Crippen molar-refractivity contribution in [3.8, 4) is 22.8 Å². The monoisotopic (exact) mass is 405 g/mol. The van der Waals surface area contributed by atoms with Crippen molar-refractivity contribution in [2.45, 2.75) is 26.3 Å². The van der Waals surface area contributed by atoms with Crippen molar-refractivity contribution >= 4 is 11.6 Å². The lowest BCUT2D eigenvalue weighted by atomic mass is 10.1. The fourth-order valence-electron chi connectivity index (χ4n) is 3.31. The van der Waals surface area contributed by atoms with Gasteiger partial charge in [0, 0.05) is 23.9 Å². The van der Waals surface area contributed by atoms with Gasteiger partial charge in [-0.1, -0.05) is 31.5 Å². The van der Waals surface area contributed by atoms with Gasteiger partial charge in [-0.25, -0.2) is 4.68 Å². The standard InChI is InChI=1S/C23H23N3O4/c1-2-3-13-25(18-7-5-4-6-8-18)23(28)15-26-22(27)12-10-19(24-26)17-9-11-20-21(14-17)30-16-29-20/h4-12,14H,2-3,13,15-16H2,1H3. The van der Waals surface area contributed by atoms with Crippen molar-refractivity contribution < 1.29 is 14.3 Å². The number of benzene rings is 2. The van der Waals surface area contributed by atoms with E-state index in [9.17, 15) is 9.59 Å². The highest BCUT2D eigenvalue weighted by atomic mass is 16.7. The molecule has 3 aromatic rings. The van der Waals surface area contributed by atoms with E-state index < -0.39 is 0 Å². The lowest BCUT2D eigenvalue weighted by Crippen LogP contribution is -2.38. The first kappa shape index (κ1) is 19.7. The summed E-state index contributed by atoms with van der Waals surface area (Å²) in [4.78, 5) is 27.2. The van der Waals surface area contributed by atoms with Crippen molar-refractivity contribution in [2.24, 2.45) is 0 Å². The van der Waals surface area contributed by atoms with E-state index in [0.717, 1.165) is 24.1 Å². The molecule has 0 fully saturated rings. The van der Waals surface area contributed by atoms with Crippen LogP contribution < -0.4 is 19.9 Å². The second-order valence-corrected chi connectivity index (χ2v) is 7.02. The summed E-state index contributed by atoms with van der Waals surface area (Å²) in [6.45, 7) is 2.73. The normalized spacial score (nSPS) is 12.0. The molecule has 0 saturated carbocycles. The molecule has 0 bridgehead atoms. The van der Waals surface area contributed by atoms with Crippen LogP contribution in [0.2, 0.25) is 0 Å². The number of nitrogens with zero attached hydrogens (tertiary/aromatic N) is 3. The third-order valence-electron chi connectivity index (χ3n) is 4.92. The maximum Gasteiger partial charge on any atom is 0.267 e. The van der Waals surface area contributed by atoms with E-state index in [0.29, 0.717) is 23.7 Å². The van der Waals surface area contributed by atoms with Crippen LogP contribution in [0.3, 0.4) is 0 Å². The van der Waals surface area contributed by atoms with Gasteiger partial charge in [0.15, 0.2) is 11.5 Å². The summed E-state index contributed by atoms with van der Waals surface area (Å²) in [6.07, 6.45) is 1.84. The molecule has 0 atom stereocenters. The fraction of sp³-hybridized carbons (Fsp3) is 0.261. The van der Waals surface area contributed by atoms with Crippen molar-refractivity contribution in [1.29, 1.82) is 0 Å². The number of para-hydroxylation sites is 1. The van der Waals surface area contributed by atoms with Crippen LogP contribution in [0.5, 0.6) is 11.5 Å². The molecule has 1 aromatic heterocycles. The molecule has 0 spiro atoms. The number of hydrogen-bond donors (Lipinski definition) is 0. The van der Waals surface area contributed by atoms with Gasteiger partial charge in [-0.05, 0) is 42.8 Å². The highest BCUT2D eigenvalue weighted by Crippen LogP contribution is 2.35. The van der Waals surface area contributed by atoms with Crippen molar-refractivity contribution in [1.82, 2.24) is 9.78 Å². The smallest absolute Gasteiger partial charge is 0.267 e. The number of anilines is 1. The summed E-state index contributed by atoms with van der Waals surface area (Å²) in [5.74, 6) is 1.14. The van der Waals surface area contributed by atoms with Gasteiger partial charge >= 0.3 is 0 Å². The van der Waals surface area contributed by atoms with Crippen LogP contribution >= 0.6 is 0 Å². The Hall–Kier alpha value is -3.61. The second kappa shape index (κ2) is 8.82. The van der Waals surface area contributed by atoms with Crippen LogP contribution in [0.25, 0.3) is 11.3 Å². The topological polar surface area (TPSA) is 73.7 Å². The minimum atomic E-state index is -0.323. The zero-order valence-electron chi connectivity index (χ0n) is 16.8. The molecule has 2 aromatic carbocycles. The SMILES string of the molecule is CCCCN(C(=O)Cn1nc(-c2ccc3c(c2)OCO3)ccc1=O)c1ccccc1. The average Bonchev–Trinajstić information content (AvgIpc) is 3.24. The third kappa shape index (κ3) is 4.20. The Bertz CT molecular complexity index is 1100. The number of amides is 1. The Kier molecular flexibility index (Phi) is 5.79. The number of hydrogen-bond acceptors (Lipinski definition) is 5. The maximum absolute atomic E-state index is 13.1. The molecule has 0 saturated heterocycles. The molecule has 154 valence electrons. The van der Waals surface area contributed by atoms with Gasteiger partial charge in [-0.2, -0.15) is 5.10 Å². The van der Waals surface area contributed by atoms with Gasteiger partial charge in [-0.3, -0.25) is 9.59 Å². The molecule has 0 radical (unpaired) electrons. The number of ether oxygens (including phenoxy) is 2. The summed E-state index contributed by atoms with van der Waals surface area (Å²) < 4.78 is 12.0. The molecule has 7 nitrogen and oxygen atoms in total. The predicted octanol–water partition coefficient (Wildman–Crippen LogP) is 3.47. The summed E-state index contributed by atoms with van der Waals surface area (Å²) in [7, 11) is 0. The van der Waals surface area contributed by atoms with Crippen molar-refractivity contribution in [3.63, 3.8) is 0 Å². The van der Waals surface area contributed by atoms with E-state index in [-0.39, 0.29) is 24.8 Å². The van der Waals surface area contributed by atoms with Gasteiger partial charge in [0.25, 0.3) is 5.56 Å². The van der Waals surface area contributed by atoms with Crippen molar-refractivity contribution in [2.75, 3.05) is 18.2 Å². The molecule has 1 amide bonds.